The van der Waals surface area contributed by atoms with E-state index in [1.54, 1.807) is 11.8 Å². The minimum Gasteiger partial charge on any atom is -0.468 e. The molecule has 1 fully saturated rings. The number of alkyl halides is 3. The van der Waals surface area contributed by atoms with Crippen LogP contribution in [0.3, 0.4) is 0 Å². The second-order valence-electron chi connectivity index (χ2n) is 8.04. The average Bonchev–Trinajstić information content (AvgIpc) is 3.55. The van der Waals surface area contributed by atoms with Gasteiger partial charge in [0.25, 0.3) is 0 Å². The fraction of sp³-hybridized carbons (Fsp3) is 0.360. The molecule has 0 spiro atoms. The molecule has 1 aromatic heterocycles. The molecule has 0 aliphatic heterocycles. The monoisotopic (exact) mass is 491 g/mol. The van der Waals surface area contributed by atoms with Crippen LogP contribution >= 0.6 is 11.8 Å². The number of ether oxygens (including phenoxy) is 2. The van der Waals surface area contributed by atoms with E-state index in [2.05, 4.69) is 5.16 Å². The third-order valence-electron chi connectivity index (χ3n) is 5.90. The fourth-order valence-corrected chi connectivity index (χ4v) is 4.66. The molecular weight excluding hydrogens is 467 g/mol. The van der Waals surface area contributed by atoms with E-state index in [0.29, 0.717) is 34.9 Å². The van der Waals surface area contributed by atoms with Gasteiger partial charge in [-0.2, -0.15) is 13.2 Å². The number of halogens is 3. The third kappa shape index (κ3) is 5.00. The van der Waals surface area contributed by atoms with Crippen LogP contribution in [-0.4, -0.2) is 24.8 Å². The number of carbonyl (C=O) groups is 1. The average molecular weight is 492 g/mol. The van der Waals surface area contributed by atoms with E-state index < -0.39 is 17.2 Å². The second-order valence-corrected chi connectivity index (χ2v) is 9.08. The summed E-state index contributed by atoms with van der Waals surface area (Å²) in [6.45, 7) is 2.59. The smallest absolute Gasteiger partial charge is 0.416 e. The standard InChI is InChI=1S/C25H24F3NO4S/c1-3-32-14-20-21(29-33-22(20)16-4-6-18(7-5-16)25(26,27)28)15-34-19-10-8-17(9-11-19)24(12-13-24)23(30)31-2/h4-11H,3,12-15H2,1-2H3. The molecule has 3 aromatic rings. The Morgan fingerprint density at radius 2 is 1.79 bits per heavy atom. The molecule has 180 valence electrons. The third-order valence-corrected chi connectivity index (χ3v) is 6.93. The number of carbonyl (C=O) groups excluding carboxylic acids is 1. The van der Waals surface area contributed by atoms with Gasteiger partial charge in [-0.05, 0) is 49.6 Å². The number of hydrogen-bond donors (Lipinski definition) is 0. The summed E-state index contributed by atoms with van der Waals surface area (Å²) in [5.74, 6) is 0.697. The number of esters is 1. The van der Waals surface area contributed by atoms with Crippen molar-refractivity contribution >= 4 is 17.7 Å². The summed E-state index contributed by atoms with van der Waals surface area (Å²) in [6.07, 6.45) is -2.82. The first-order chi connectivity index (χ1) is 16.3. The van der Waals surface area contributed by atoms with Crippen molar-refractivity contribution in [2.24, 2.45) is 0 Å². The molecule has 0 N–H and O–H groups in total. The maximum atomic E-state index is 12.9. The van der Waals surface area contributed by atoms with Crippen LogP contribution in [0.5, 0.6) is 0 Å². The van der Waals surface area contributed by atoms with E-state index in [-0.39, 0.29) is 12.6 Å². The van der Waals surface area contributed by atoms with Crippen LogP contribution in [0, 0.1) is 0 Å². The predicted molar refractivity (Wildman–Crippen MR) is 121 cm³/mol. The summed E-state index contributed by atoms with van der Waals surface area (Å²) < 4.78 is 54.8. The maximum Gasteiger partial charge on any atom is 0.416 e. The van der Waals surface area contributed by atoms with Gasteiger partial charge in [-0.15, -0.1) is 11.8 Å². The molecule has 0 saturated heterocycles. The SMILES string of the molecule is CCOCc1c(CSc2ccc(C3(C(=O)OC)CC3)cc2)noc1-c1ccc(C(F)(F)F)cc1. The minimum atomic E-state index is -4.40. The van der Waals surface area contributed by atoms with Gasteiger partial charge in [0.15, 0.2) is 5.76 Å². The van der Waals surface area contributed by atoms with Gasteiger partial charge in [0.1, 0.15) is 0 Å². The second kappa shape index (κ2) is 9.84. The molecule has 1 aliphatic rings. The zero-order valence-corrected chi connectivity index (χ0v) is 19.6. The number of aromatic nitrogens is 1. The van der Waals surface area contributed by atoms with Crippen molar-refractivity contribution in [3.8, 4) is 11.3 Å². The number of benzene rings is 2. The lowest BCUT2D eigenvalue weighted by Gasteiger charge is -2.13. The molecule has 9 heteroatoms. The van der Waals surface area contributed by atoms with Crippen molar-refractivity contribution in [1.82, 2.24) is 5.16 Å². The van der Waals surface area contributed by atoms with Gasteiger partial charge in [0, 0.05) is 28.4 Å². The fourth-order valence-electron chi connectivity index (χ4n) is 3.80. The quantitative estimate of drug-likeness (QED) is 0.255. The van der Waals surface area contributed by atoms with Gasteiger partial charge in [-0.3, -0.25) is 4.79 Å². The van der Waals surface area contributed by atoms with Crippen LogP contribution in [-0.2, 0) is 38.2 Å². The molecule has 0 atom stereocenters. The number of hydrogen-bond acceptors (Lipinski definition) is 6. The number of methoxy groups -OCH3 is 1. The highest BCUT2D eigenvalue weighted by atomic mass is 32.2. The van der Waals surface area contributed by atoms with Crippen molar-refractivity contribution in [3.63, 3.8) is 0 Å². The maximum absolute atomic E-state index is 12.9. The molecule has 0 amide bonds. The first-order valence-electron chi connectivity index (χ1n) is 10.8. The van der Waals surface area contributed by atoms with Crippen LogP contribution < -0.4 is 0 Å². The largest absolute Gasteiger partial charge is 0.468 e. The highest BCUT2D eigenvalue weighted by Crippen LogP contribution is 2.49. The van der Waals surface area contributed by atoms with E-state index in [9.17, 15) is 18.0 Å². The molecule has 2 aromatic carbocycles. The molecule has 1 heterocycles. The summed E-state index contributed by atoms with van der Waals surface area (Å²) in [4.78, 5) is 13.1. The van der Waals surface area contributed by atoms with Gasteiger partial charge in [0.05, 0.1) is 30.4 Å². The Kier molecular flexibility index (Phi) is 7.04. The van der Waals surface area contributed by atoms with Crippen LogP contribution in [0.25, 0.3) is 11.3 Å². The Morgan fingerprint density at radius 1 is 1.12 bits per heavy atom. The van der Waals surface area contributed by atoms with Gasteiger partial charge in [-0.1, -0.05) is 29.4 Å². The van der Waals surface area contributed by atoms with Crippen molar-refractivity contribution in [1.29, 1.82) is 0 Å². The van der Waals surface area contributed by atoms with Gasteiger partial charge < -0.3 is 14.0 Å². The normalized spacial score (nSPS) is 14.7. The molecule has 0 radical (unpaired) electrons. The molecule has 4 rings (SSSR count). The Bertz CT molecular complexity index is 1140. The Hall–Kier alpha value is -2.78. The molecule has 1 saturated carbocycles. The predicted octanol–water partition coefficient (Wildman–Crippen LogP) is 6.39. The van der Waals surface area contributed by atoms with Crippen molar-refractivity contribution < 1.29 is 32.0 Å². The van der Waals surface area contributed by atoms with E-state index in [4.69, 9.17) is 14.0 Å². The van der Waals surface area contributed by atoms with Crippen LogP contribution in [0.2, 0.25) is 0 Å². The molecular formula is C25H24F3NO4S. The zero-order chi connectivity index (χ0) is 24.3. The van der Waals surface area contributed by atoms with E-state index in [1.807, 2.05) is 31.2 Å². The summed E-state index contributed by atoms with van der Waals surface area (Å²) in [7, 11) is 1.41. The van der Waals surface area contributed by atoms with Crippen LogP contribution in [0.15, 0.2) is 57.9 Å². The molecule has 5 nitrogen and oxygen atoms in total. The van der Waals surface area contributed by atoms with Crippen molar-refractivity contribution in [3.05, 3.63) is 70.9 Å². The minimum absolute atomic E-state index is 0.202. The number of rotatable bonds is 9. The highest BCUT2D eigenvalue weighted by molar-refractivity contribution is 7.98. The lowest BCUT2D eigenvalue weighted by atomic mass is 9.96. The van der Waals surface area contributed by atoms with Crippen molar-refractivity contribution in [2.75, 3.05) is 13.7 Å². The summed E-state index contributed by atoms with van der Waals surface area (Å²) >= 11 is 1.55. The Balaban J connectivity index is 1.50. The van der Waals surface area contributed by atoms with Crippen LogP contribution in [0.4, 0.5) is 13.2 Å². The van der Waals surface area contributed by atoms with E-state index in [0.717, 1.165) is 35.4 Å². The van der Waals surface area contributed by atoms with E-state index in [1.165, 1.54) is 19.2 Å². The van der Waals surface area contributed by atoms with Crippen LogP contribution in [0.1, 0.15) is 42.1 Å². The molecule has 0 unspecified atom stereocenters. The Morgan fingerprint density at radius 3 is 2.35 bits per heavy atom. The topological polar surface area (TPSA) is 61.6 Å². The van der Waals surface area contributed by atoms with Crippen molar-refractivity contribution in [2.45, 2.75) is 48.6 Å². The number of thioether (sulfide) groups is 1. The lowest BCUT2D eigenvalue weighted by molar-refractivity contribution is -0.143. The molecule has 0 bridgehead atoms. The number of nitrogens with zero attached hydrogens (tertiary/aromatic N) is 1. The van der Waals surface area contributed by atoms with Gasteiger partial charge >= 0.3 is 12.1 Å². The summed E-state index contributed by atoms with van der Waals surface area (Å²) in [5, 5.41) is 4.17. The van der Waals surface area contributed by atoms with Gasteiger partial charge in [0.2, 0.25) is 0 Å². The lowest BCUT2D eigenvalue weighted by Crippen LogP contribution is -2.21. The summed E-state index contributed by atoms with van der Waals surface area (Å²) in [6, 6.07) is 12.6. The first kappa shape index (κ1) is 24.3. The van der Waals surface area contributed by atoms with Gasteiger partial charge in [-0.25, -0.2) is 0 Å². The molecule has 1 aliphatic carbocycles. The summed E-state index contributed by atoms with van der Waals surface area (Å²) in [5.41, 5.74) is 1.62. The Labute approximate surface area is 199 Å². The zero-order valence-electron chi connectivity index (χ0n) is 18.8. The first-order valence-corrected chi connectivity index (χ1v) is 11.8. The highest BCUT2D eigenvalue weighted by Gasteiger charge is 2.52. The van der Waals surface area contributed by atoms with E-state index >= 15 is 0 Å². The molecule has 34 heavy (non-hydrogen) atoms.